The average molecular weight is 720 g/mol. The molecule has 0 radical (unpaired) electrons. The molecule has 5 nitrogen and oxygen atoms in total. The molecule has 1 aromatic heterocycles. The Morgan fingerprint density at radius 2 is 0.945 bits per heavy atom. The highest BCUT2D eigenvalue weighted by molar-refractivity contribution is 5.75. The van der Waals surface area contributed by atoms with Gasteiger partial charge in [0.1, 0.15) is 0 Å². The third-order valence-electron chi connectivity index (χ3n) is 14.5. The van der Waals surface area contributed by atoms with Crippen LogP contribution < -0.4 is 0 Å². The maximum atomic E-state index is 9.75. The van der Waals surface area contributed by atoms with Gasteiger partial charge in [0.25, 0.3) is 0 Å². The number of aromatic nitrogens is 3. The second kappa shape index (κ2) is 13.3. The molecular formula is C50H49N5. The van der Waals surface area contributed by atoms with Crippen molar-refractivity contribution < 1.29 is 0 Å². The molecule has 1 heterocycles. The molecule has 4 aromatic carbocycles. The first-order valence-corrected chi connectivity index (χ1v) is 20.8. The molecule has 11 rings (SSSR count). The average Bonchev–Trinajstić information content (AvgIpc) is 3.19. The Morgan fingerprint density at radius 3 is 1.49 bits per heavy atom. The number of fused-ring (bicyclic) bond motifs is 2. The molecule has 0 amide bonds. The molecule has 4 atom stereocenters. The summed E-state index contributed by atoms with van der Waals surface area (Å²) in [7, 11) is 0. The van der Waals surface area contributed by atoms with Crippen molar-refractivity contribution in [1.82, 2.24) is 15.0 Å². The summed E-state index contributed by atoms with van der Waals surface area (Å²) in [5.41, 5.74) is 9.43. The summed E-state index contributed by atoms with van der Waals surface area (Å²) in [6, 6.07) is 36.3. The van der Waals surface area contributed by atoms with E-state index < -0.39 is 0 Å². The largest absolute Gasteiger partial charge is 0.208 e. The summed E-state index contributed by atoms with van der Waals surface area (Å²) in [6.07, 6.45) is 14.8. The zero-order valence-corrected chi connectivity index (χ0v) is 32.1. The molecule has 6 aliphatic rings. The van der Waals surface area contributed by atoms with Crippen molar-refractivity contribution >= 4 is 0 Å². The van der Waals surface area contributed by atoms with Crippen molar-refractivity contribution in [1.29, 1.82) is 10.5 Å². The van der Waals surface area contributed by atoms with Crippen LogP contribution in [0.2, 0.25) is 0 Å². The number of nitrogens with zero attached hydrogens (tertiary/aromatic N) is 5. The van der Waals surface area contributed by atoms with Gasteiger partial charge in [0.2, 0.25) is 0 Å². The first kappa shape index (κ1) is 34.4. The van der Waals surface area contributed by atoms with Gasteiger partial charge < -0.3 is 0 Å². The predicted molar refractivity (Wildman–Crippen MR) is 217 cm³/mol. The van der Waals surface area contributed by atoms with Crippen LogP contribution in [0.1, 0.15) is 107 Å². The topological polar surface area (TPSA) is 86.2 Å². The molecule has 0 saturated heterocycles. The zero-order valence-electron chi connectivity index (χ0n) is 32.1. The van der Waals surface area contributed by atoms with Crippen molar-refractivity contribution in [3.63, 3.8) is 0 Å². The Morgan fingerprint density at radius 1 is 0.491 bits per heavy atom. The van der Waals surface area contributed by atoms with E-state index >= 15 is 0 Å². The van der Waals surface area contributed by atoms with Crippen LogP contribution in [0.25, 0.3) is 45.3 Å². The normalized spacial score (nSPS) is 30.4. The molecule has 274 valence electrons. The van der Waals surface area contributed by atoms with E-state index in [1.165, 1.54) is 87.3 Å². The maximum Gasteiger partial charge on any atom is 0.164 e. The van der Waals surface area contributed by atoms with Gasteiger partial charge in [0.05, 0.1) is 23.3 Å². The number of hydrogen-bond acceptors (Lipinski definition) is 5. The molecule has 0 N–H and O–H groups in total. The fourth-order valence-electron chi connectivity index (χ4n) is 12.8. The van der Waals surface area contributed by atoms with E-state index in [2.05, 4.69) is 68.5 Å². The number of rotatable bonds is 6. The van der Waals surface area contributed by atoms with Crippen molar-refractivity contribution in [2.75, 3.05) is 0 Å². The number of benzene rings is 4. The van der Waals surface area contributed by atoms with Crippen LogP contribution >= 0.6 is 0 Å². The molecule has 6 fully saturated rings. The van der Waals surface area contributed by atoms with Crippen molar-refractivity contribution in [3.8, 4) is 57.4 Å². The summed E-state index contributed by atoms with van der Waals surface area (Å²) >= 11 is 0. The highest BCUT2D eigenvalue weighted by Gasteiger charge is 2.51. The van der Waals surface area contributed by atoms with Crippen LogP contribution in [0, 0.1) is 58.2 Å². The Hall–Kier alpha value is -5.13. The van der Waals surface area contributed by atoms with Crippen LogP contribution in [0.15, 0.2) is 91.0 Å². The van der Waals surface area contributed by atoms with Gasteiger partial charge in [-0.15, -0.1) is 0 Å². The molecule has 6 bridgehead atoms. The lowest BCUT2D eigenvalue weighted by atomic mass is 9.48. The van der Waals surface area contributed by atoms with Gasteiger partial charge in [-0.05, 0) is 176 Å². The summed E-state index contributed by atoms with van der Waals surface area (Å²) in [4.78, 5) is 15.3. The molecule has 6 aliphatic carbocycles. The SMILES string of the molecule is C[C@H]1C[C@@H]2C[C@H](C1)CC(C)(c1cc(-c3cccc(C45C[C@H]6C[C@@H](C4)C[C@@H](C5)C6)c3)cc(-c3nc(-c4cccc(C#N)c4)nc(-c4cccc(C#N)c4)n3)c1)C2. The van der Waals surface area contributed by atoms with E-state index in [1.807, 2.05) is 36.4 Å². The first-order valence-electron chi connectivity index (χ1n) is 20.8. The highest BCUT2D eigenvalue weighted by Crippen LogP contribution is 2.61. The summed E-state index contributed by atoms with van der Waals surface area (Å²) in [5.74, 6) is 6.66. The highest BCUT2D eigenvalue weighted by atomic mass is 15.0. The van der Waals surface area contributed by atoms with Crippen LogP contribution in [0.3, 0.4) is 0 Å². The minimum absolute atomic E-state index is 0.0525. The minimum atomic E-state index is 0.0525. The lowest BCUT2D eigenvalue weighted by molar-refractivity contribution is -0.00517. The van der Waals surface area contributed by atoms with Gasteiger partial charge in [0, 0.05) is 16.7 Å². The summed E-state index contributed by atoms with van der Waals surface area (Å²) in [6.45, 7) is 4.97. The Balaban J connectivity index is 1.14. The number of nitriles is 2. The summed E-state index contributed by atoms with van der Waals surface area (Å²) in [5, 5.41) is 19.5. The Bertz CT molecular complexity index is 2270. The van der Waals surface area contributed by atoms with Gasteiger partial charge in [-0.1, -0.05) is 68.4 Å². The van der Waals surface area contributed by atoms with Crippen LogP contribution in [0.4, 0.5) is 0 Å². The van der Waals surface area contributed by atoms with Crippen molar-refractivity contribution in [2.24, 2.45) is 35.5 Å². The zero-order chi connectivity index (χ0) is 37.3. The Labute approximate surface area is 325 Å². The fraction of sp³-hybridized carbons (Fsp3) is 0.420. The fourth-order valence-corrected chi connectivity index (χ4v) is 12.8. The van der Waals surface area contributed by atoms with E-state index in [0.29, 0.717) is 34.0 Å². The molecule has 5 aromatic rings. The van der Waals surface area contributed by atoms with Gasteiger partial charge in [-0.3, -0.25) is 0 Å². The third kappa shape index (κ3) is 6.37. The second-order valence-corrected chi connectivity index (χ2v) is 18.8. The standard InChI is InChI=1S/C50H49N5/c1-31-12-34-14-35(13-31)25-49(2,24-34)45-22-42(39-8-5-11-44(21-39)50-26-36-15-37(27-50)17-38(16-36)28-50)20-43(23-45)48-54-46(40-9-3-6-32(18-40)29-51)53-47(55-48)41-10-4-7-33(19-41)30-52/h3-11,18-23,31,34-38H,12-17,24-28H2,1-2H3/t31-,34+,35-,36-,37+,38-,49?,50?. The Kier molecular flexibility index (Phi) is 8.29. The maximum absolute atomic E-state index is 9.75. The lowest BCUT2D eigenvalue weighted by Gasteiger charge is -2.57. The van der Waals surface area contributed by atoms with Crippen LogP contribution in [0.5, 0.6) is 0 Å². The quantitative estimate of drug-likeness (QED) is 0.174. The molecule has 0 aliphatic heterocycles. The van der Waals surface area contributed by atoms with Crippen LogP contribution in [-0.2, 0) is 10.8 Å². The van der Waals surface area contributed by atoms with E-state index in [-0.39, 0.29) is 5.41 Å². The van der Waals surface area contributed by atoms with E-state index in [4.69, 9.17) is 15.0 Å². The molecule has 5 heteroatoms. The van der Waals surface area contributed by atoms with E-state index in [9.17, 15) is 10.5 Å². The van der Waals surface area contributed by atoms with Crippen molar-refractivity contribution in [3.05, 3.63) is 113 Å². The lowest BCUT2D eigenvalue weighted by Crippen LogP contribution is -2.48. The monoisotopic (exact) mass is 719 g/mol. The second-order valence-electron chi connectivity index (χ2n) is 18.8. The predicted octanol–water partition coefficient (Wildman–Crippen LogP) is 11.9. The smallest absolute Gasteiger partial charge is 0.164 e. The molecular weight excluding hydrogens is 671 g/mol. The van der Waals surface area contributed by atoms with Gasteiger partial charge >= 0.3 is 0 Å². The van der Waals surface area contributed by atoms with Gasteiger partial charge in [0.15, 0.2) is 17.5 Å². The van der Waals surface area contributed by atoms with Gasteiger partial charge in [-0.25, -0.2) is 15.0 Å². The van der Waals surface area contributed by atoms with E-state index in [1.54, 1.807) is 17.7 Å². The molecule has 0 spiro atoms. The molecule has 55 heavy (non-hydrogen) atoms. The van der Waals surface area contributed by atoms with Crippen molar-refractivity contribution in [2.45, 2.75) is 95.3 Å². The van der Waals surface area contributed by atoms with Gasteiger partial charge in [-0.2, -0.15) is 10.5 Å². The third-order valence-corrected chi connectivity index (χ3v) is 14.5. The summed E-state index contributed by atoms with van der Waals surface area (Å²) < 4.78 is 0. The van der Waals surface area contributed by atoms with Crippen LogP contribution in [-0.4, -0.2) is 15.0 Å². The minimum Gasteiger partial charge on any atom is -0.208 e. The number of hydrogen-bond donors (Lipinski definition) is 0. The first-order chi connectivity index (χ1) is 26.7. The molecule has 6 saturated carbocycles. The van der Waals surface area contributed by atoms with E-state index in [0.717, 1.165) is 52.2 Å². The molecule has 1 unspecified atom stereocenters.